The normalized spacial score (nSPS) is 19.6. The Balaban J connectivity index is 2.16. The molecule has 1 aromatic carbocycles. The maximum absolute atomic E-state index is 11.2. The van der Waals surface area contributed by atoms with Crippen LogP contribution in [0.25, 0.3) is 10.9 Å². The number of aromatic nitrogens is 1. The predicted octanol–water partition coefficient (Wildman–Crippen LogP) is 2.10. The van der Waals surface area contributed by atoms with Crippen molar-refractivity contribution in [1.29, 1.82) is 0 Å². The van der Waals surface area contributed by atoms with E-state index in [0.29, 0.717) is 18.5 Å². The highest BCUT2D eigenvalue weighted by molar-refractivity contribution is 7.80. The molecule has 3 nitrogen and oxygen atoms in total. The minimum Gasteiger partial charge on any atom is -0.772 e. The molecule has 0 amide bonds. The Morgan fingerprint density at radius 2 is 1.94 bits per heavy atom. The van der Waals surface area contributed by atoms with Gasteiger partial charge in [0.05, 0.1) is 16.0 Å². The van der Waals surface area contributed by atoms with Crippen molar-refractivity contribution in [3.05, 3.63) is 42.1 Å². The lowest BCUT2D eigenvalue weighted by Gasteiger charge is -2.18. The van der Waals surface area contributed by atoms with E-state index in [1.165, 1.54) is 0 Å². The first-order valence-corrected chi connectivity index (χ1v) is 6.25. The van der Waals surface area contributed by atoms with E-state index in [4.69, 9.17) is 0 Å². The molecule has 16 heavy (non-hydrogen) atoms. The Kier molecular flexibility index (Phi) is 2.09. The minimum atomic E-state index is -2.07. The van der Waals surface area contributed by atoms with Crippen molar-refractivity contribution in [3.8, 4) is 0 Å². The van der Waals surface area contributed by atoms with Crippen molar-refractivity contribution in [2.75, 3.05) is 0 Å². The summed E-state index contributed by atoms with van der Waals surface area (Å²) in [6.07, 6.45) is 1.38. The number of hydrogen-bond donors (Lipinski definition) is 0. The molecule has 1 aromatic heterocycles. The number of fused-ring (bicyclic) bond motifs is 1. The SMILES string of the molecule is O=S([O-])C1(c2ccc3ccccc3n2)CC1. The third-order valence-corrected chi connectivity index (χ3v) is 4.34. The molecule has 0 saturated heterocycles. The van der Waals surface area contributed by atoms with E-state index in [1.807, 2.05) is 36.4 Å². The van der Waals surface area contributed by atoms with Crippen molar-refractivity contribution < 1.29 is 8.76 Å². The van der Waals surface area contributed by atoms with Crippen molar-refractivity contribution in [3.63, 3.8) is 0 Å². The maximum atomic E-state index is 11.2. The summed E-state index contributed by atoms with van der Waals surface area (Å²) >= 11 is -2.07. The zero-order valence-electron chi connectivity index (χ0n) is 8.55. The summed E-state index contributed by atoms with van der Waals surface area (Å²) in [5, 5.41) is 1.04. The molecule has 1 saturated carbocycles. The summed E-state index contributed by atoms with van der Waals surface area (Å²) in [6, 6.07) is 11.5. The van der Waals surface area contributed by atoms with E-state index in [0.717, 1.165) is 10.9 Å². The van der Waals surface area contributed by atoms with Gasteiger partial charge in [-0.1, -0.05) is 24.3 Å². The van der Waals surface area contributed by atoms with Gasteiger partial charge in [0.2, 0.25) is 0 Å². The lowest BCUT2D eigenvalue weighted by atomic mass is 10.1. The second-order valence-electron chi connectivity index (χ2n) is 4.12. The standard InChI is InChI=1S/C12H11NO2S/c14-16(15)12(7-8-12)11-6-5-9-3-1-2-4-10(9)13-11/h1-6H,7-8H2,(H,14,15)/p-1. The first kappa shape index (κ1) is 9.93. The van der Waals surface area contributed by atoms with Crippen molar-refractivity contribution in [2.45, 2.75) is 17.6 Å². The van der Waals surface area contributed by atoms with Gasteiger partial charge in [0, 0.05) is 5.39 Å². The van der Waals surface area contributed by atoms with Gasteiger partial charge in [-0.2, -0.15) is 0 Å². The summed E-state index contributed by atoms with van der Waals surface area (Å²) < 4.78 is 21.7. The van der Waals surface area contributed by atoms with Crippen LogP contribution in [-0.4, -0.2) is 13.7 Å². The van der Waals surface area contributed by atoms with Gasteiger partial charge in [-0.25, -0.2) is 0 Å². The topological polar surface area (TPSA) is 53.0 Å². The number of pyridine rings is 1. The monoisotopic (exact) mass is 232 g/mol. The molecule has 0 radical (unpaired) electrons. The summed E-state index contributed by atoms with van der Waals surface area (Å²) in [6.45, 7) is 0. The molecule has 82 valence electrons. The van der Waals surface area contributed by atoms with Crippen molar-refractivity contribution in [1.82, 2.24) is 4.98 Å². The van der Waals surface area contributed by atoms with E-state index >= 15 is 0 Å². The molecule has 1 aliphatic carbocycles. The Labute approximate surface area is 95.8 Å². The van der Waals surface area contributed by atoms with Crippen LogP contribution in [0.5, 0.6) is 0 Å². The van der Waals surface area contributed by atoms with E-state index in [2.05, 4.69) is 4.98 Å². The van der Waals surface area contributed by atoms with Crippen LogP contribution < -0.4 is 0 Å². The summed E-state index contributed by atoms with van der Waals surface area (Å²) in [5.41, 5.74) is 1.54. The summed E-state index contributed by atoms with van der Waals surface area (Å²) in [4.78, 5) is 4.44. The van der Waals surface area contributed by atoms with E-state index < -0.39 is 15.8 Å². The molecule has 3 rings (SSSR count). The summed E-state index contributed by atoms with van der Waals surface area (Å²) in [5.74, 6) is 0. The summed E-state index contributed by atoms with van der Waals surface area (Å²) in [7, 11) is 0. The number of nitrogens with zero attached hydrogens (tertiary/aromatic N) is 1. The van der Waals surface area contributed by atoms with Crippen LogP contribution in [0.4, 0.5) is 0 Å². The van der Waals surface area contributed by atoms with Gasteiger partial charge in [0.15, 0.2) is 0 Å². The molecular weight excluding hydrogens is 222 g/mol. The maximum Gasteiger partial charge on any atom is 0.0748 e. The van der Waals surface area contributed by atoms with Crippen LogP contribution in [0, 0.1) is 0 Å². The molecular formula is C12H10NO2S-. The van der Waals surface area contributed by atoms with Gasteiger partial charge < -0.3 is 4.55 Å². The van der Waals surface area contributed by atoms with Gasteiger partial charge in [0.25, 0.3) is 0 Å². The predicted molar refractivity (Wildman–Crippen MR) is 61.6 cm³/mol. The first-order chi connectivity index (χ1) is 7.72. The van der Waals surface area contributed by atoms with Gasteiger partial charge >= 0.3 is 0 Å². The zero-order chi connectivity index (χ0) is 11.2. The Morgan fingerprint density at radius 3 is 2.62 bits per heavy atom. The first-order valence-electron chi connectivity index (χ1n) is 5.18. The van der Waals surface area contributed by atoms with E-state index in [-0.39, 0.29) is 0 Å². The smallest absolute Gasteiger partial charge is 0.0748 e. The highest BCUT2D eigenvalue weighted by atomic mass is 32.2. The van der Waals surface area contributed by atoms with Crippen LogP contribution in [-0.2, 0) is 15.8 Å². The molecule has 0 aliphatic heterocycles. The van der Waals surface area contributed by atoms with Crippen molar-refractivity contribution in [2.24, 2.45) is 0 Å². The molecule has 1 unspecified atom stereocenters. The van der Waals surface area contributed by atoms with Crippen LogP contribution in [0.2, 0.25) is 0 Å². The molecule has 0 N–H and O–H groups in total. The fourth-order valence-corrected chi connectivity index (χ4v) is 2.66. The van der Waals surface area contributed by atoms with E-state index in [1.54, 1.807) is 0 Å². The highest BCUT2D eigenvalue weighted by Crippen LogP contribution is 2.49. The Morgan fingerprint density at radius 1 is 1.19 bits per heavy atom. The quantitative estimate of drug-likeness (QED) is 0.745. The molecule has 0 bridgehead atoms. The third-order valence-electron chi connectivity index (χ3n) is 3.09. The number of rotatable bonds is 2. The largest absolute Gasteiger partial charge is 0.772 e. The molecule has 0 spiro atoms. The molecule has 1 heterocycles. The molecule has 1 aliphatic rings. The number of hydrogen-bond acceptors (Lipinski definition) is 3. The van der Waals surface area contributed by atoms with Crippen LogP contribution in [0.3, 0.4) is 0 Å². The third kappa shape index (κ3) is 1.37. The fraction of sp³-hybridized carbons (Fsp3) is 0.250. The van der Waals surface area contributed by atoms with Crippen molar-refractivity contribution >= 4 is 22.0 Å². The zero-order valence-corrected chi connectivity index (χ0v) is 9.37. The lowest BCUT2D eigenvalue weighted by Crippen LogP contribution is -2.15. The second-order valence-corrected chi connectivity index (χ2v) is 5.37. The second kappa shape index (κ2) is 3.37. The molecule has 1 fully saturated rings. The van der Waals surface area contributed by atoms with Gasteiger partial charge in [-0.3, -0.25) is 9.19 Å². The minimum absolute atomic E-state index is 0.680. The number of benzene rings is 1. The average molecular weight is 232 g/mol. The molecule has 2 aromatic rings. The fourth-order valence-electron chi connectivity index (χ4n) is 1.94. The number of para-hydroxylation sites is 1. The van der Waals surface area contributed by atoms with Crippen LogP contribution in [0.1, 0.15) is 18.5 Å². The Hall–Kier alpha value is -1.26. The van der Waals surface area contributed by atoms with E-state index in [9.17, 15) is 8.76 Å². The van der Waals surface area contributed by atoms with Crippen LogP contribution >= 0.6 is 0 Å². The Bertz CT molecular complexity index is 578. The molecule has 1 atom stereocenters. The lowest BCUT2D eigenvalue weighted by molar-refractivity contribution is 0.519. The van der Waals surface area contributed by atoms with Gasteiger partial charge in [-0.05, 0) is 36.1 Å². The molecule has 4 heteroatoms. The highest BCUT2D eigenvalue weighted by Gasteiger charge is 2.47. The van der Waals surface area contributed by atoms with Gasteiger partial charge in [0.1, 0.15) is 0 Å². The van der Waals surface area contributed by atoms with Gasteiger partial charge in [-0.15, -0.1) is 0 Å². The van der Waals surface area contributed by atoms with Crippen LogP contribution in [0.15, 0.2) is 36.4 Å². The average Bonchev–Trinajstić information content (AvgIpc) is 3.09.